The summed E-state index contributed by atoms with van der Waals surface area (Å²) in [4.78, 5) is 21.4. The molecule has 1 amide bonds. The van der Waals surface area contributed by atoms with E-state index < -0.39 is 28.9 Å². The average molecular weight is 337 g/mol. The van der Waals surface area contributed by atoms with Crippen molar-refractivity contribution in [3.63, 3.8) is 0 Å². The molecule has 1 aliphatic rings. The third-order valence-electron chi connectivity index (χ3n) is 3.84. The summed E-state index contributed by atoms with van der Waals surface area (Å²) in [6.45, 7) is 0.653. The summed E-state index contributed by atoms with van der Waals surface area (Å²) in [5.41, 5.74) is -0.468. The minimum Gasteiger partial charge on any atom is -0.474 e. The molecule has 1 fully saturated rings. The molecule has 0 N–H and O–H groups in total. The van der Waals surface area contributed by atoms with Crippen LogP contribution in [0, 0.1) is 17.5 Å². The number of ether oxygens (including phenoxy) is 1. The fourth-order valence-corrected chi connectivity index (χ4v) is 2.56. The van der Waals surface area contributed by atoms with E-state index in [4.69, 9.17) is 4.74 Å². The molecule has 0 bridgehead atoms. The van der Waals surface area contributed by atoms with Crippen LogP contribution < -0.4 is 4.74 Å². The second-order valence-electron chi connectivity index (χ2n) is 5.38. The van der Waals surface area contributed by atoms with E-state index >= 15 is 0 Å². The maximum absolute atomic E-state index is 13.7. The Morgan fingerprint density at radius 1 is 1.12 bits per heavy atom. The fourth-order valence-electron chi connectivity index (χ4n) is 2.56. The van der Waals surface area contributed by atoms with E-state index in [2.05, 4.69) is 9.97 Å². The van der Waals surface area contributed by atoms with E-state index in [0.717, 1.165) is 12.1 Å². The van der Waals surface area contributed by atoms with E-state index in [0.29, 0.717) is 31.8 Å². The second kappa shape index (κ2) is 6.86. The van der Waals surface area contributed by atoms with Crippen molar-refractivity contribution in [1.82, 2.24) is 14.9 Å². The monoisotopic (exact) mass is 337 g/mol. The highest BCUT2D eigenvalue weighted by Gasteiger charge is 2.28. The Labute approximate surface area is 136 Å². The molecule has 0 radical (unpaired) electrons. The first-order valence-electron chi connectivity index (χ1n) is 7.41. The minimum atomic E-state index is -1.64. The number of likely N-dealkylation sites (tertiary alicyclic amines) is 1. The number of piperidine rings is 1. The van der Waals surface area contributed by atoms with Gasteiger partial charge < -0.3 is 9.64 Å². The SMILES string of the molecule is O=C(c1ccc(F)c(F)c1F)N1CCC(Oc2ccncn2)CC1. The Balaban J connectivity index is 1.62. The molecule has 2 aromatic rings. The molecule has 8 heteroatoms. The van der Waals surface area contributed by atoms with Gasteiger partial charge in [0.25, 0.3) is 5.91 Å². The zero-order valence-electron chi connectivity index (χ0n) is 12.6. The van der Waals surface area contributed by atoms with Gasteiger partial charge in [0, 0.05) is 38.2 Å². The molecule has 0 atom stereocenters. The van der Waals surface area contributed by atoms with Gasteiger partial charge in [-0.3, -0.25) is 4.79 Å². The predicted octanol–water partition coefficient (Wildman–Crippen LogP) is 2.58. The predicted molar refractivity (Wildman–Crippen MR) is 77.9 cm³/mol. The summed E-state index contributed by atoms with van der Waals surface area (Å²) in [7, 11) is 0. The highest BCUT2D eigenvalue weighted by molar-refractivity contribution is 5.94. The van der Waals surface area contributed by atoms with Crippen molar-refractivity contribution in [2.75, 3.05) is 13.1 Å². The number of hydrogen-bond acceptors (Lipinski definition) is 4. The molecule has 0 spiro atoms. The number of nitrogens with zero attached hydrogens (tertiary/aromatic N) is 3. The summed E-state index contributed by atoms with van der Waals surface area (Å²) in [6.07, 6.45) is 3.87. The Bertz CT molecular complexity index is 735. The molecule has 1 saturated heterocycles. The van der Waals surface area contributed by atoms with Crippen molar-refractivity contribution in [1.29, 1.82) is 0 Å². The quantitative estimate of drug-likeness (QED) is 0.808. The number of hydrogen-bond donors (Lipinski definition) is 0. The zero-order valence-corrected chi connectivity index (χ0v) is 12.6. The molecule has 3 rings (SSSR count). The van der Waals surface area contributed by atoms with E-state index in [-0.39, 0.29) is 6.10 Å². The van der Waals surface area contributed by atoms with Crippen molar-refractivity contribution in [2.24, 2.45) is 0 Å². The number of carbonyl (C=O) groups excluding carboxylic acids is 1. The highest BCUT2D eigenvalue weighted by atomic mass is 19.2. The van der Waals surface area contributed by atoms with E-state index in [1.165, 1.54) is 11.2 Å². The number of amides is 1. The van der Waals surface area contributed by atoms with Crippen LogP contribution in [-0.4, -0.2) is 40.0 Å². The van der Waals surface area contributed by atoms with Crippen LogP contribution in [-0.2, 0) is 0 Å². The zero-order chi connectivity index (χ0) is 17.1. The lowest BCUT2D eigenvalue weighted by Crippen LogP contribution is -2.42. The lowest BCUT2D eigenvalue weighted by molar-refractivity contribution is 0.0582. The van der Waals surface area contributed by atoms with Crippen LogP contribution in [0.25, 0.3) is 0 Å². The van der Waals surface area contributed by atoms with Crippen LogP contribution >= 0.6 is 0 Å². The molecule has 0 unspecified atom stereocenters. The molecule has 24 heavy (non-hydrogen) atoms. The van der Waals surface area contributed by atoms with Gasteiger partial charge >= 0.3 is 0 Å². The Kier molecular flexibility index (Phi) is 4.64. The molecule has 0 aliphatic carbocycles. The molecule has 1 aromatic carbocycles. The molecule has 1 aromatic heterocycles. The number of rotatable bonds is 3. The van der Waals surface area contributed by atoms with Gasteiger partial charge in [0.2, 0.25) is 5.88 Å². The van der Waals surface area contributed by atoms with Gasteiger partial charge in [-0.2, -0.15) is 0 Å². The van der Waals surface area contributed by atoms with Crippen molar-refractivity contribution < 1.29 is 22.7 Å². The molecular formula is C16H14F3N3O2. The maximum Gasteiger partial charge on any atom is 0.256 e. The van der Waals surface area contributed by atoms with Crippen molar-refractivity contribution >= 4 is 5.91 Å². The third-order valence-corrected chi connectivity index (χ3v) is 3.84. The molecule has 5 nitrogen and oxygen atoms in total. The van der Waals surface area contributed by atoms with Crippen molar-refractivity contribution in [3.05, 3.63) is 53.7 Å². The first kappa shape index (κ1) is 16.2. The van der Waals surface area contributed by atoms with Crippen LogP contribution in [0.1, 0.15) is 23.2 Å². The third kappa shape index (κ3) is 3.32. The summed E-state index contributed by atoms with van der Waals surface area (Å²) in [5.74, 6) is -4.63. The largest absolute Gasteiger partial charge is 0.474 e. The second-order valence-corrected chi connectivity index (χ2v) is 5.38. The maximum atomic E-state index is 13.7. The van der Waals surface area contributed by atoms with Gasteiger partial charge in [-0.05, 0) is 12.1 Å². The van der Waals surface area contributed by atoms with Crippen LogP contribution in [0.5, 0.6) is 5.88 Å². The highest BCUT2D eigenvalue weighted by Crippen LogP contribution is 2.21. The van der Waals surface area contributed by atoms with Gasteiger partial charge in [0.15, 0.2) is 17.5 Å². The van der Waals surface area contributed by atoms with Gasteiger partial charge in [0.05, 0.1) is 5.56 Å². The Hall–Kier alpha value is -2.64. The smallest absolute Gasteiger partial charge is 0.256 e. The number of aromatic nitrogens is 2. The van der Waals surface area contributed by atoms with Crippen molar-refractivity contribution in [3.8, 4) is 5.88 Å². The summed E-state index contributed by atoms with van der Waals surface area (Å²) in [6, 6.07) is 3.34. The molecule has 2 heterocycles. The molecular weight excluding hydrogens is 323 g/mol. The van der Waals surface area contributed by atoms with Gasteiger partial charge in [-0.1, -0.05) is 0 Å². The van der Waals surface area contributed by atoms with Gasteiger partial charge in [0.1, 0.15) is 12.4 Å². The normalized spacial score (nSPS) is 15.4. The number of benzene rings is 1. The van der Waals surface area contributed by atoms with E-state index in [1.807, 2.05) is 0 Å². The molecule has 126 valence electrons. The van der Waals surface area contributed by atoms with Gasteiger partial charge in [-0.15, -0.1) is 0 Å². The van der Waals surface area contributed by atoms with Gasteiger partial charge in [-0.25, -0.2) is 23.1 Å². The Morgan fingerprint density at radius 2 is 1.88 bits per heavy atom. The van der Waals surface area contributed by atoms with Crippen molar-refractivity contribution in [2.45, 2.75) is 18.9 Å². The fraction of sp³-hybridized carbons (Fsp3) is 0.312. The lowest BCUT2D eigenvalue weighted by Gasteiger charge is -2.32. The number of halogens is 3. The average Bonchev–Trinajstić information content (AvgIpc) is 2.61. The van der Waals surface area contributed by atoms with E-state index in [9.17, 15) is 18.0 Å². The first-order valence-corrected chi connectivity index (χ1v) is 7.41. The standard InChI is InChI=1S/C16H14F3N3O2/c17-12-2-1-11(14(18)15(12)19)16(23)22-7-4-10(5-8-22)24-13-3-6-20-9-21-13/h1-3,6,9-10H,4-5,7-8H2. The van der Waals surface area contributed by atoms with Crippen LogP contribution in [0.2, 0.25) is 0 Å². The summed E-state index contributed by atoms with van der Waals surface area (Å²) >= 11 is 0. The lowest BCUT2D eigenvalue weighted by atomic mass is 10.1. The number of carbonyl (C=O) groups is 1. The summed E-state index contributed by atoms with van der Waals surface area (Å²) in [5, 5.41) is 0. The first-order chi connectivity index (χ1) is 11.6. The van der Waals surface area contributed by atoms with Crippen LogP contribution in [0.3, 0.4) is 0 Å². The van der Waals surface area contributed by atoms with Crippen LogP contribution in [0.15, 0.2) is 30.7 Å². The van der Waals surface area contributed by atoms with Crippen LogP contribution in [0.4, 0.5) is 13.2 Å². The summed E-state index contributed by atoms with van der Waals surface area (Å²) < 4.78 is 45.6. The minimum absolute atomic E-state index is 0.126. The van der Waals surface area contributed by atoms with E-state index in [1.54, 1.807) is 12.3 Å². The Morgan fingerprint density at radius 3 is 2.54 bits per heavy atom. The molecule has 1 aliphatic heterocycles. The topological polar surface area (TPSA) is 55.3 Å². The molecule has 0 saturated carbocycles.